The van der Waals surface area contributed by atoms with Crippen LogP contribution in [0.4, 0.5) is 0 Å². The number of hydrogen-bond acceptors (Lipinski definition) is 4. The van der Waals surface area contributed by atoms with Gasteiger partial charge >= 0.3 is 11.9 Å². The van der Waals surface area contributed by atoms with Crippen LogP contribution in [0.5, 0.6) is 11.5 Å². The summed E-state index contributed by atoms with van der Waals surface area (Å²) in [4.78, 5) is 22.1. The van der Waals surface area contributed by atoms with Crippen LogP contribution in [0.2, 0.25) is 0 Å². The fourth-order valence-corrected chi connectivity index (χ4v) is 3.40. The van der Waals surface area contributed by atoms with Gasteiger partial charge in [0.25, 0.3) is 0 Å². The molecule has 0 radical (unpaired) electrons. The zero-order valence-corrected chi connectivity index (χ0v) is 19.5. The number of carbonyl (C=O) groups excluding carboxylic acids is 2. The van der Waals surface area contributed by atoms with Gasteiger partial charge in [-0.25, -0.2) is 0 Å². The minimum Gasteiger partial charge on any atom is -0.427 e. The normalized spacial score (nSPS) is 12.4. The molecule has 0 spiro atoms. The van der Waals surface area contributed by atoms with Crippen molar-refractivity contribution < 1.29 is 38.5 Å². The number of carbonyl (C=O) groups is 2. The Kier molecular flexibility index (Phi) is 9.38. The van der Waals surface area contributed by atoms with E-state index in [0.29, 0.717) is 23.3 Å². The van der Waals surface area contributed by atoms with Gasteiger partial charge in [-0.2, -0.15) is 0 Å². The Labute approximate surface area is 174 Å². The Morgan fingerprint density at radius 1 is 0.704 bits per heavy atom. The Bertz CT molecular complexity index is 672. The summed E-state index contributed by atoms with van der Waals surface area (Å²) in [5, 5.41) is 0. The first-order valence-electron chi connectivity index (χ1n) is 9.01. The van der Waals surface area contributed by atoms with Crippen LogP contribution in [0.15, 0.2) is 48.5 Å². The maximum Gasteiger partial charge on any atom is 0.308 e. The van der Waals surface area contributed by atoms with Crippen LogP contribution in [0.3, 0.4) is 0 Å². The molecule has 0 N–H and O–H groups in total. The van der Waals surface area contributed by atoms with Crippen molar-refractivity contribution in [3.63, 3.8) is 0 Å². The summed E-state index contributed by atoms with van der Waals surface area (Å²) in [6.45, 7) is 7.16. The van der Waals surface area contributed by atoms with Crippen LogP contribution >= 0.6 is 0 Å². The van der Waals surface area contributed by atoms with Gasteiger partial charge in [0.2, 0.25) is 0 Å². The summed E-state index contributed by atoms with van der Waals surface area (Å²) in [6.07, 6.45) is 1.99. The topological polar surface area (TPSA) is 52.6 Å². The molecule has 0 aliphatic carbocycles. The fourth-order valence-electron chi connectivity index (χ4n) is 3.40. The molecule has 0 fully saturated rings. The van der Waals surface area contributed by atoms with Gasteiger partial charge in [0.1, 0.15) is 11.5 Å². The Balaban J connectivity index is 0.00000364. The molecule has 0 amide bonds. The average Bonchev–Trinajstić information content (AvgIpc) is 2.60. The van der Waals surface area contributed by atoms with E-state index in [0.717, 1.165) is 12.8 Å². The second-order valence-electron chi connectivity index (χ2n) is 6.35. The van der Waals surface area contributed by atoms with E-state index in [4.69, 9.17) is 9.47 Å². The van der Waals surface area contributed by atoms with Gasteiger partial charge in [-0.3, -0.25) is 9.59 Å². The summed E-state index contributed by atoms with van der Waals surface area (Å²) in [5.74, 6) is 1.20. The molecule has 2 rings (SSSR count). The van der Waals surface area contributed by atoms with Gasteiger partial charge in [-0.05, 0) is 60.1 Å². The van der Waals surface area contributed by atoms with Gasteiger partial charge in [0.15, 0.2) is 0 Å². The monoisotopic (exact) mass is 418 g/mol. The van der Waals surface area contributed by atoms with Crippen LogP contribution in [-0.4, -0.2) is 11.9 Å². The van der Waals surface area contributed by atoms with Crippen molar-refractivity contribution in [1.82, 2.24) is 0 Å². The number of rotatable bonds is 7. The van der Waals surface area contributed by atoms with Crippen molar-refractivity contribution in [1.29, 1.82) is 0 Å². The van der Waals surface area contributed by atoms with Gasteiger partial charge in [-0.15, -0.1) is 0 Å². The van der Waals surface area contributed by atoms with E-state index < -0.39 is 0 Å². The first-order valence-corrected chi connectivity index (χ1v) is 9.01. The van der Waals surface area contributed by atoms with E-state index in [-0.39, 0.29) is 31.4 Å². The van der Waals surface area contributed by atoms with E-state index in [2.05, 4.69) is 13.8 Å². The minimum atomic E-state index is -0.316. The molecule has 2 aromatic carbocycles. The van der Waals surface area contributed by atoms with Crippen molar-refractivity contribution in [2.75, 3.05) is 0 Å². The number of esters is 2. The molecule has 0 bridgehead atoms. The minimum absolute atomic E-state index is 0. The molecule has 4 nitrogen and oxygen atoms in total. The largest absolute Gasteiger partial charge is 0.427 e. The Hall–Kier alpha value is -2.00. The van der Waals surface area contributed by atoms with Gasteiger partial charge in [0, 0.05) is 33.3 Å². The summed E-state index contributed by atoms with van der Waals surface area (Å²) in [7, 11) is 0. The summed E-state index contributed by atoms with van der Waals surface area (Å²) in [5.41, 5.74) is 2.44. The standard InChI is InChI=1S/C22H26O4.Zn/c1-5-21(17-7-11-19(12-8-17)25-15(3)23)22(6-2)18-9-13-20(14-10-18)26-16(4)24;/h7-14,21-22H,5-6H2,1-4H3;. The second-order valence-corrected chi connectivity index (χ2v) is 6.35. The molecule has 140 valence electrons. The smallest absolute Gasteiger partial charge is 0.308 e. The molecule has 2 aromatic rings. The zero-order valence-electron chi connectivity index (χ0n) is 16.5. The van der Waals surface area contributed by atoms with E-state index in [1.807, 2.05) is 48.5 Å². The molecule has 0 aromatic heterocycles. The molecular formula is C22H26O4Zn. The van der Waals surface area contributed by atoms with E-state index >= 15 is 0 Å². The second kappa shape index (κ2) is 11.0. The van der Waals surface area contributed by atoms with Crippen molar-refractivity contribution in [3.05, 3.63) is 59.7 Å². The Morgan fingerprint density at radius 3 is 1.22 bits per heavy atom. The molecule has 0 saturated carbocycles. The first-order chi connectivity index (χ1) is 12.4. The van der Waals surface area contributed by atoms with E-state index in [1.165, 1.54) is 25.0 Å². The summed E-state index contributed by atoms with van der Waals surface area (Å²) >= 11 is 0. The molecule has 0 aliphatic rings. The molecular weight excluding hydrogens is 394 g/mol. The first kappa shape index (κ1) is 23.0. The molecule has 0 heterocycles. The quantitative estimate of drug-likeness (QED) is 0.350. The van der Waals surface area contributed by atoms with Crippen LogP contribution in [0, 0.1) is 0 Å². The third kappa shape index (κ3) is 6.59. The maximum atomic E-state index is 11.1. The van der Waals surface area contributed by atoms with Crippen molar-refractivity contribution in [3.8, 4) is 11.5 Å². The predicted molar refractivity (Wildman–Crippen MR) is 102 cm³/mol. The SMILES string of the molecule is CCC(c1ccc(OC(C)=O)cc1)C(CC)c1ccc(OC(C)=O)cc1.[Zn]. The third-order valence-corrected chi connectivity index (χ3v) is 4.51. The predicted octanol–water partition coefficient (Wildman–Crippen LogP) is 5.22. The average molecular weight is 420 g/mol. The van der Waals surface area contributed by atoms with Crippen LogP contribution < -0.4 is 9.47 Å². The summed E-state index contributed by atoms with van der Waals surface area (Å²) < 4.78 is 10.2. The summed E-state index contributed by atoms with van der Waals surface area (Å²) in [6, 6.07) is 15.5. The fraction of sp³-hybridized carbons (Fsp3) is 0.364. The molecule has 27 heavy (non-hydrogen) atoms. The molecule has 0 aliphatic heterocycles. The van der Waals surface area contributed by atoms with Crippen molar-refractivity contribution in [2.24, 2.45) is 0 Å². The molecule has 0 saturated heterocycles. The number of benzene rings is 2. The molecule has 2 unspecified atom stereocenters. The van der Waals surface area contributed by atoms with Crippen LogP contribution in [-0.2, 0) is 29.1 Å². The number of ether oxygens (including phenoxy) is 2. The Morgan fingerprint density at radius 2 is 1.00 bits per heavy atom. The van der Waals surface area contributed by atoms with E-state index in [9.17, 15) is 9.59 Å². The van der Waals surface area contributed by atoms with Crippen LogP contribution in [0.1, 0.15) is 63.5 Å². The van der Waals surface area contributed by atoms with Gasteiger partial charge in [0.05, 0.1) is 0 Å². The van der Waals surface area contributed by atoms with E-state index in [1.54, 1.807) is 0 Å². The number of hydrogen-bond donors (Lipinski definition) is 0. The van der Waals surface area contributed by atoms with Gasteiger partial charge < -0.3 is 9.47 Å². The van der Waals surface area contributed by atoms with Crippen LogP contribution in [0.25, 0.3) is 0 Å². The molecule has 2 atom stereocenters. The molecule has 5 heteroatoms. The maximum absolute atomic E-state index is 11.1. The van der Waals surface area contributed by atoms with Crippen molar-refractivity contribution in [2.45, 2.75) is 52.4 Å². The third-order valence-electron chi connectivity index (χ3n) is 4.51. The zero-order chi connectivity index (χ0) is 19.1. The van der Waals surface area contributed by atoms with Gasteiger partial charge in [-0.1, -0.05) is 38.1 Å². The van der Waals surface area contributed by atoms with Crippen molar-refractivity contribution >= 4 is 11.9 Å².